The van der Waals surface area contributed by atoms with Gasteiger partial charge in [0.15, 0.2) is 17.6 Å². The summed E-state index contributed by atoms with van der Waals surface area (Å²) in [7, 11) is 3.03. The first-order chi connectivity index (χ1) is 10.2. The SMILES string of the molecule is C#CC(CCCCC)Oc1cc(C=O)cc(OC)c1OC. The molecule has 0 saturated heterocycles. The van der Waals surface area contributed by atoms with Crippen molar-refractivity contribution >= 4 is 6.29 Å². The minimum absolute atomic E-state index is 0.350. The first-order valence-corrected chi connectivity index (χ1v) is 7.04. The maximum atomic E-state index is 11.0. The number of hydrogen-bond donors (Lipinski definition) is 0. The number of carbonyl (C=O) groups excluding carboxylic acids is 1. The second kappa shape index (κ2) is 8.91. The van der Waals surface area contributed by atoms with Crippen LogP contribution >= 0.6 is 0 Å². The van der Waals surface area contributed by atoms with Crippen LogP contribution in [0.15, 0.2) is 12.1 Å². The molecule has 0 spiro atoms. The molecule has 0 radical (unpaired) electrons. The van der Waals surface area contributed by atoms with E-state index in [4.69, 9.17) is 20.6 Å². The lowest BCUT2D eigenvalue weighted by atomic mass is 10.1. The summed E-state index contributed by atoms with van der Waals surface area (Å²) >= 11 is 0. The van der Waals surface area contributed by atoms with Gasteiger partial charge in [0.2, 0.25) is 5.75 Å². The van der Waals surface area contributed by atoms with Crippen LogP contribution in [0.2, 0.25) is 0 Å². The zero-order valence-corrected chi connectivity index (χ0v) is 12.8. The van der Waals surface area contributed by atoms with E-state index in [9.17, 15) is 4.79 Å². The van der Waals surface area contributed by atoms with Gasteiger partial charge in [0.05, 0.1) is 14.2 Å². The highest BCUT2D eigenvalue weighted by Gasteiger charge is 2.17. The number of benzene rings is 1. The Labute approximate surface area is 126 Å². The molecular formula is C17H22O4. The molecule has 1 rings (SSSR count). The molecule has 0 bridgehead atoms. The average Bonchev–Trinajstić information content (AvgIpc) is 2.52. The highest BCUT2D eigenvalue weighted by Crippen LogP contribution is 2.38. The van der Waals surface area contributed by atoms with Crippen LogP contribution in [0.4, 0.5) is 0 Å². The van der Waals surface area contributed by atoms with Crippen LogP contribution in [0.1, 0.15) is 43.0 Å². The predicted molar refractivity (Wildman–Crippen MR) is 82.3 cm³/mol. The van der Waals surface area contributed by atoms with Crippen LogP contribution in [-0.4, -0.2) is 26.6 Å². The van der Waals surface area contributed by atoms with Crippen molar-refractivity contribution in [3.8, 4) is 29.6 Å². The summed E-state index contributed by atoms with van der Waals surface area (Å²) in [5, 5.41) is 0. The van der Waals surface area contributed by atoms with Crippen molar-refractivity contribution in [2.45, 2.75) is 38.7 Å². The van der Waals surface area contributed by atoms with Crippen molar-refractivity contribution in [1.29, 1.82) is 0 Å². The van der Waals surface area contributed by atoms with Crippen LogP contribution in [0.25, 0.3) is 0 Å². The zero-order valence-electron chi connectivity index (χ0n) is 12.8. The van der Waals surface area contributed by atoms with Gasteiger partial charge in [-0.1, -0.05) is 25.7 Å². The summed E-state index contributed by atoms with van der Waals surface area (Å²) in [5.41, 5.74) is 0.451. The molecule has 0 aliphatic heterocycles. The van der Waals surface area contributed by atoms with Gasteiger partial charge in [-0.15, -0.1) is 6.42 Å². The molecule has 0 saturated carbocycles. The largest absolute Gasteiger partial charge is 0.493 e. The molecule has 0 aliphatic rings. The van der Waals surface area contributed by atoms with E-state index in [1.54, 1.807) is 12.1 Å². The third-order valence-corrected chi connectivity index (χ3v) is 3.13. The fourth-order valence-corrected chi connectivity index (χ4v) is 2.01. The normalized spacial score (nSPS) is 11.3. The Bertz CT molecular complexity index is 502. The number of methoxy groups -OCH3 is 2. The molecule has 4 nitrogen and oxygen atoms in total. The van der Waals surface area contributed by atoms with Gasteiger partial charge in [-0.3, -0.25) is 4.79 Å². The van der Waals surface area contributed by atoms with Crippen LogP contribution in [0.5, 0.6) is 17.2 Å². The van der Waals surface area contributed by atoms with Gasteiger partial charge in [0, 0.05) is 5.56 Å². The lowest BCUT2D eigenvalue weighted by molar-refractivity contribution is 0.112. The average molecular weight is 290 g/mol. The van der Waals surface area contributed by atoms with E-state index >= 15 is 0 Å². The van der Waals surface area contributed by atoms with Crippen molar-refractivity contribution < 1.29 is 19.0 Å². The molecule has 1 aromatic rings. The summed E-state index contributed by atoms with van der Waals surface area (Å²) < 4.78 is 16.3. The number of hydrogen-bond acceptors (Lipinski definition) is 4. The van der Waals surface area contributed by atoms with E-state index in [0.29, 0.717) is 22.8 Å². The molecule has 21 heavy (non-hydrogen) atoms. The van der Waals surface area contributed by atoms with Gasteiger partial charge in [0.25, 0.3) is 0 Å². The smallest absolute Gasteiger partial charge is 0.203 e. The van der Waals surface area contributed by atoms with E-state index in [-0.39, 0.29) is 6.10 Å². The second-order valence-electron chi connectivity index (χ2n) is 4.64. The maximum absolute atomic E-state index is 11.0. The topological polar surface area (TPSA) is 44.8 Å². The summed E-state index contributed by atoms with van der Waals surface area (Å²) in [6.45, 7) is 2.13. The van der Waals surface area contributed by atoms with Crippen molar-refractivity contribution in [1.82, 2.24) is 0 Å². The number of unbranched alkanes of at least 4 members (excludes halogenated alkanes) is 2. The molecule has 0 aliphatic carbocycles. The molecule has 0 amide bonds. The van der Waals surface area contributed by atoms with Gasteiger partial charge < -0.3 is 14.2 Å². The van der Waals surface area contributed by atoms with Gasteiger partial charge in [-0.05, 0) is 25.0 Å². The zero-order chi connectivity index (χ0) is 15.7. The van der Waals surface area contributed by atoms with E-state index in [1.807, 2.05) is 0 Å². The summed E-state index contributed by atoms with van der Waals surface area (Å²) in [4.78, 5) is 11.0. The van der Waals surface area contributed by atoms with Crippen LogP contribution in [-0.2, 0) is 0 Å². The first-order valence-electron chi connectivity index (χ1n) is 7.04. The van der Waals surface area contributed by atoms with Crippen LogP contribution in [0.3, 0.4) is 0 Å². The van der Waals surface area contributed by atoms with E-state index < -0.39 is 0 Å². The maximum Gasteiger partial charge on any atom is 0.203 e. The number of aldehydes is 1. The van der Waals surface area contributed by atoms with Crippen LogP contribution < -0.4 is 14.2 Å². The number of ether oxygens (including phenoxy) is 3. The molecule has 1 unspecified atom stereocenters. The van der Waals surface area contributed by atoms with Gasteiger partial charge in [0.1, 0.15) is 6.29 Å². The van der Waals surface area contributed by atoms with Gasteiger partial charge >= 0.3 is 0 Å². The Kier molecular flexibility index (Phi) is 7.17. The molecule has 1 aromatic carbocycles. The van der Waals surface area contributed by atoms with Gasteiger partial charge in [-0.2, -0.15) is 0 Å². The van der Waals surface area contributed by atoms with E-state index in [0.717, 1.165) is 32.0 Å². The van der Waals surface area contributed by atoms with E-state index in [1.165, 1.54) is 14.2 Å². The Morgan fingerprint density at radius 2 is 1.95 bits per heavy atom. The fourth-order valence-electron chi connectivity index (χ4n) is 2.01. The summed E-state index contributed by atoms with van der Waals surface area (Å²) in [5.74, 6) is 3.95. The Hall–Kier alpha value is -2.15. The summed E-state index contributed by atoms with van der Waals surface area (Å²) in [6.07, 6.45) is 9.89. The van der Waals surface area contributed by atoms with Crippen molar-refractivity contribution in [3.63, 3.8) is 0 Å². The minimum atomic E-state index is -0.350. The van der Waals surface area contributed by atoms with Gasteiger partial charge in [-0.25, -0.2) is 0 Å². The molecule has 114 valence electrons. The number of carbonyl (C=O) groups is 1. The van der Waals surface area contributed by atoms with Crippen molar-refractivity contribution in [2.24, 2.45) is 0 Å². The molecular weight excluding hydrogens is 268 g/mol. The summed E-state index contributed by atoms with van der Waals surface area (Å²) in [6, 6.07) is 3.21. The van der Waals surface area contributed by atoms with Crippen molar-refractivity contribution in [2.75, 3.05) is 14.2 Å². The molecule has 1 atom stereocenters. The highest BCUT2D eigenvalue weighted by molar-refractivity contribution is 5.78. The minimum Gasteiger partial charge on any atom is -0.493 e. The quantitative estimate of drug-likeness (QED) is 0.397. The number of rotatable bonds is 9. The third-order valence-electron chi connectivity index (χ3n) is 3.13. The highest BCUT2D eigenvalue weighted by atomic mass is 16.5. The second-order valence-corrected chi connectivity index (χ2v) is 4.64. The Balaban J connectivity index is 2.98. The molecule has 4 heteroatoms. The number of terminal acetylenes is 1. The molecule has 0 heterocycles. The lowest BCUT2D eigenvalue weighted by Gasteiger charge is -2.18. The predicted octanol–water partition coefficient (Wildman–Crippen LogP) is 3.48. The monoisotopic (exact) mass is 290 g/mol. The standard InChI is InChI=1S/C17H22O4/c1-5-7-8-9-14(6-2)21-16-11-13(12-18)10-15(19-3)17(16)20-4/h2,10-12,14H,5,7-9H2,1,3-4H3. The fraction of sp³-hybridized carbons (Fsp3) is 0.471. The van der Waals surface area contributed by atoms with Crippen LogP contribution in [0, 0.1) is 12.3 Å². The lowest BCUT2D eigenvalue weighted by Crippen LogP contribution is -2.14. The molecule has 0 fully saturated rings. The van der Waals surface area contributed by atoms with E-state index in [2.05, 4.69) is 12.8 Å². The first kappa shape index (κ1) is 16.9. The molecule has 0 N–H and O–H groups in total. The van der Waals surface area contributed by atoms with Crippen molar-refractivity contribution in [3.05, 3.63) is 17.7 Å². The Morgan fingerprint density at radius 3 is 2.48 bits per heavy atom. The molecule has 0 aromatic heterocycles. The third kappa shape index (κ3) is 4.71. The Morgan fingerprint density at radius 1 is 1.24 bits per heavy atom.